The summed E-state index contributed by atoms with van der Waals surface area (Å²) in [6, 6.07) is 2.51. The molecule has 0 bridgehead atoms. The molecule has 102 valence electrons. The Morgan fingerprint density at radius 3 is 2.33 bits per heavy atom. The molecule has 0 amide bonds. The van der Waals surface area contributed by atoms with E-state index in [4.69, 9.17) is 0 Å². The molecule has 0 spiro atoms. The average Bonchev–Trinajstić information content (AvgIpc) is 2.30. The number of hydrogen-bond acceptors (Lipinski definition) is 4. The molecule has 1 aromatic rings. The largest absolute Gasteiger partial charge is 0.435 e. The smallest absolute Gasteiger partial charge is 0.366 e. The molecule has 1 aliphatic heterocycles. The van der Waals surface area contributed by atoms with Crippen LogP contribution in [0.5, 0.6) is 0 Å². The first-order valence-electron chi connectivity index (χ1n) is 5.44. The normalized spacial score (nSPS) is 17.1. The van der Waals surface area contributed by atoms with Crippen molar-refractivity contribution in [2.24, 2.45) is 0 Å². The summed E-state index contributed by atoms with van der Waals surface area (Å²) in [6.07, 6.45) is -2.56. The van der Waals surface area contributed by atoms with Gasteiger partial charge in [-0.3, -0.25) is 0 Å². The third-order valence-corrected chi connectivity index (χ3v) is 2.65. The van der Waals surface area contributed by atoms with Crippen LogP contribution in [0.3, 0.4) is 0 Å². The molecule has 8 heteroatoms. The van der Waals surface area contributed by atoms with Crippen molar-refractivity contribution < 1.29 is 13.2 Å². The Balaban J connectivity index is 0.00000162. The van der Waals surface area contributed by atoms with Gasteiger partial charge in [-0.1, -0.05) is 0 Å². The standard InChI is InChI=1S/C10H13F3N4.ClH/c11-10(12,13)8-1-2-9(17-16-8)15-7-3-5-14-6-4-7;/h1-2,7,14H,3-6H2,(H,15,17);1H. The SMILES string of the molecule is Cl.FC(F)(F)c1ccc(NC2CCNCC2)nn1. The van der Waals surface area contributed by atoms with Gasteiger partial charge in [-0.05, 0) is 38.1 Å². The third-order valence-electron chi connectivity index (χ3n) is 2.65. The lowest BCUT2D eigenvalue weighted by atomic mass is 10.1. The predicted octanol–water partition coefficient (Wildman–Crippen LogP) is 2.08. The first kappa shape index (κ1) is 15.0. The van der Waals surface area contributed by atoms with E-state index in [0.29, 0.717) is 5.82 Å². The molecule has 0 atom stereocenters. The molecule has 2 rings (SSSR count). The highest BCUT2D eigenvalue weighted by Crippen LogP contribution is 2.27. The monoisotopic (exact) mass is 282 g/mol. The van der Waals surface area contributed by atoms with Crippen LogP contribution in [0.25, 0.3) is 0 Å². The molecule has 1 fully saturated rings. The molecule has 0 radical (unpaired) electrons. The Labute approximate surface area is 109 Å². The van der Waals surface area contributed by atoms with E-state index in [9.17, 15) is 13.2 Å². The molecule has 0 unspecified atom stereocenters. The van der Waals surface area contributed by atoms with Gasteiger partial charge in [0.25, 0.3) is 0 Å². The lowest BCUT2D eigenvalue weighted by Gasteiger charge is -2.23. The molecule has 4 nitrogen and oxygen atoms in total. The van der Waals surface area contributed by atoms with Crippen LogP contribution < -0.4 is 10.6 Å². The zero-order valence-corrected chi connectivity index (χ0v) is 10.3. The summed E-state index contributed by atoms with van der Waals surface area (Å²) in [5.41, 5.74) is -0.964. The van der Waals surface area contributed by atoms with Crippen molar-refractivity contribution in [2.45, 2.75) is 25.1 Å². The molecule has 1 aliphatic rings. The van der Waals surface area contributed by atoms with E-state index >= 15 is 0 Å². The van der Waals surface area contributed by atoms with Crippen LogP contribution in [0.2, 0.25) is 0 Å². The quantitative estimate of drug-likeness (QED) is 0.872. The van der Waals surface area contributed by atoms with Gasteiger partial charge >= 0.3 is 6.18 Å². The maximum absolute atomic E-state index is 12.2. The van der Waals surface area contributed by atoms with Crippen LogP contribution in [0, 0.1) is 0 Å². The minimum absolute atomic E-state index is 0. The highest BCUT2D eigenvalue weighted by atomic mass is 35.5. The number of halogens is 4. The van der Waals surface area contributed by atoms with E-state index in [1.807, 2.05) is 0 Å². The van der Waals surface area contributed by atoms with Gasteiger partial charge in [-0.2, -0.15) is 13.2 Å². The molecular formula is C10H14ClF3N4. The Morgan fingerprint density at radius 1 is 1.17 bits per heavy atom. The molecule has 1 saturated heterocycles. The van der Waals surface area contributed by atoms with Crippen LogP contribution in [0.15, 0.2) is 12.1 Å². The van der Waals surface area contributed by atoms with E-state index in [2.05, 4.69) is 20.8 Å². The van der Waals surface area contributed by atoms with Crippen LogP contribution in [-0.4, -0.2) is 29.3 Å². The van der Waals surface area contributed by atoms with Gasteiger partial charge in [0.2, 0.25) is 0 Å². The zero-order valence-electron chi connectivity index (χ0n) is 9.50. The maximum atomic E-state index is 12.2. The van der Waals surface area contributed by atoms with Crippen LogP contribution in [-0.2, 0) is 6.18 Å². The summed E-state index contributed by atoms with van der Waals surface area (Å²) in [7, 11) is 0. The summed E-state index contributed by atoms with van der Waals surface area (Å²) in [4.78, 5) is 0. The van der Waals surface area contributed by atoms with Crippen molar-refractivity contribution in [3.63, 3.8) is 0 Å². The molecule has 2 N–H and O–H groups in total. The Kier molecular flexibility index (Phi) is 5.15. The fourth-order valence-electron chi connectivity index (χ4n) is 1.74. The van der Waals surface area contributed by atoms with Gasteiger partial charge in [0.15, 0.2) is 5.69 Å². The van der Waals surface area contributed by atoms with Crippen molar-refractivity contribution >= 4 is 18.2 Å². The number of piperidine rings is 1. The topological polar surface area (TPSA) is 49.8 Å². The van der Waals surface area contributed by atoms with E-state index in [-0.39, 0.29) is 18.4 Å². The van der Waals surface area contributed by atoms with Crippen molar-refractivity contribution in [2.75, 3.05) is 18.4 Å². The van der Waals surface area contributed by atoms with Gasteiger partial charge in [-0.15, -0.1) is 22.6 Å². The number of aromatic nitrogens is 2. The van der Waals surface area contributed by atoms with E-state index in [1.54, 1.807) is 0 Å². The zero-order chi connectivity index (χ0) is 12.3. The van der Waals surface area contributed by atoms with E-state index < -0.39 is 11.9 Å². The molecule has 0 saturated carbocycles. The second-order valence-electron chi connectivity index (χ2n) is 3.97. The van der Waals surface area contributed by atoms with E-state index in [0.717, 1.165) is 32.0 Å². The summed E-state index contributed by atoms with van der Waals surface area (Å²) in [5, 5.41) is 13.0. The summed E-state index contributed by atoms with van der Waals surface area (Å²) >= 11 is 0. The molecular weight excluding hydrogens is 269 g/mol. The average molecular weight is 283 g/mol. The second kappa shape index (κ2) is 6.19. The van der Waals surface area contributed by atoms with Crippen molar-refractivity contribution in [1.29, 1.82) is 0 Å². The molecule has 0 aromatic carbocycles. The number of nitrogens with zero attached hydrogens (tertiary/aromatic N) is 2. The number of alkyl halides is 3. The van der Waals surface area contributed by atoms with Gasteiger partial charge in [0.05, 0.1) is 0 Å². The number of nitrogens with one attached hydrogen (secondary N) is 2. The number of rotatable bonds is 2. The Bertz CT molecular complexity index is 362. The van der Waals surface area contributed by atoms with Crippen molar-refractivity contribution in [3.05, 3.63) is 17.8 Å². The summed E-state index contributed by atoms with van der Waals surface area (Å²) in [5.74, 6) is 0.393. The van der Waals surface area contributed by atoms with Crippen LogP contribution in [0.1, 0.15) is 18.5 Å². The lowest BCUT2D eigenvalue weighted by Crippen LogP contribution is -2.35. The first-order chi connectivity index (χ1) is 8.05. The lowest BCUT2D eigenvalue weighted by molar-refractivity contribution is -0.141. The van der Waals surface area contributed by atoms with Crippen LogP contribution >= 0.6 is 12.4 Å². The van der Waals surface area contributed by atoms with Gasteiger partial charge in [0, 0.05) is 6.04 Å². The molecule has 1 aromatic heterocycles. The minimum atomic E-state index is -4.43. The molecule has 2 heterocycles. The van der Waals surface area contributed by atoms with Gasteiger partial charge in [0.1, 0.15) is 5.82 Å². The maximum Gasteiger partial charge on any atom is 0.435 e. The fraction of sp³-hybridized carbons (Fsp3) is 0.600. The second-order valence-corrected chi connectivity index (χ2v) is 3.97. The van der Waals surface area contributed by atoms with Gasteiger partial charge in [-0.25, -0.2) is 0 Å². The Morgan fingerprint density at radius 2 is 1.83 bits per heavy atom. The summed E-state index contributed by atoms with van der Waals surface area (Å²) < 4.78 is 36.7. The van der Waals surface area contributed by atoms with E-state index in [1.165, 1.54) is 6.07 Å². The van der Waals surface area contributed by atoms with Crippen molar-refractivity contribution in [1.82, 2.24) is 15.5 Å². The number of anilines is 1. The first-order valence-corrected chi connectivity index (χ1v) is 5.44. The summed E-state index contributed by atoms with van der Waals surface area (Å²) in [6.45, 7) is 1.82. The van der Waals surface area contributed by atoms with Crippen LogP contribution in [0.4, 0.5) is 19.0 Å². The highest BCUT2D eigenvalue weighted by Gasteiger charge is 2.32. The highest BCUT2D eigenvalue weighted by molar-refractivity contribution is 5.85. The third kappa shape index (κ3) is 3.99. The predicted molar refractivity (Wildman–Crippen MR) is 63.8 cm³/mol. The number of hydrogen-bond donors (Lipinski definition) is 2. The fourth-order valence-corrected chi connectivity index (χ4v) is 1.74. The van der Waals surface area contributed by atoms with Gasteiger partial charge < -0.3 is 10.6 Å². The minimum Gasteiger partial charge on any atom is -0.366 e. The Hall–Kier alpha value is -1.08. The van der Waals surface area contributed by atoms with Crippen molar-refractivity contribution in [3.8, 4) is 0 Å². The molecule has 0 aliphatic carbocycles. The molecule has 18 heavy (non-hydrogen) atoms.